The molecule has 0 aliphatic rings. The van der Waals surface area contributed by atoms with E-state index < -0.39 is 11.9 Å². The number of nitrogens with zero attached hydrogens (tertiary/aromatic N) is 1. The third kappa shape index (κ3) is 5.57. The first-order chi connectivity index (χ1) is 14.0. The molecule has 1 amide bonds. The van der Waals surface area contributed by atoms with Crippen molar-refractivity contribution < 1.29 is 23.5 Å². The predicted octanol–water partition coefficient (Wildman–Crippen LogP) is 4.51. The molecule has 0 radical (unpaired) electrons. The summed E-state index contributed by atoms with van der Waals surface area (Å²) in [4.78, 5) is 23.7. The lowest BCUT2D eigenvalue weighted by atomic mass is 10.2. The van der Waals surface area contributed by atoms with Gasteiger partial charge in [-0.3, -0.25) is 4.79 Å². The summed E-state index contributed by atoms with van der Waals surface area (Å²) in [6, 6.07) is 12.6. The summed E-state index contributed by atoms with van der Waals surface area (Å²) in [6.45, 7) is 1.86. The molecule has 2 aromatic carbocycles. The van der Waals surface area contributed by atoms with Crippen LogP contribution in [0.2, 0.25) is 0 Å². The van der Waals surface area contributed by atoms with Crippen molar-refractivity contribution >= 4 is 67.6 Å². The minimum atomic E-state index is -0.444. The number of fused-ring (bicyclic) bond motifs is 1. The van der Waals surface area contributed by atoms with Gasteiger partial charge in [-0.2, -0.15) is 5.10 Å². The molecule has 0 bridgehead atoms. The number of carbonyl (C=O) groups is 2. The van der Waals surface area contributed by atoms with E-state index in [0.29, 0.717) is 22.4 Å². The molecule has 3 aromatic rings. The van der Waals surface area contributed by atoms with Crippen molar-refractivity contribution in [2.45, 2.75) is 6.92 Å². The standard InChI is InChI=1S/C20H16BrIN2O5/c1-2-27-18(25)11-28-19-14(21)7-12(8-15(19)22)10-23-24-20(26)17-9-13-5-3-4-6-16(13)29-17/h3-10H,2,11H2,1H3,(H,24,26)/b23-10+. The van der Waals surface area contributed by atoms with Gasteiger partial charge in [0.15, 0.2) is 12.4 Å². The number of hydrogen-bond acceptors (Lipinski definition) is 6. The number of furan rings is 1. The van der Waals surface area contributed by atoms with Crippen LogP contribution in [0.5, 0.6) is 5.75 Å². The molecule has 0 spiro atoms. The fourth-order valence-electron chi connectivity index (χ4n) is 2.44. The highest BCUT2D eigenvalue weighted by atomic mass is 127. The SMILES string of the molecule is CCOC(=O)COc1c(Br)cc(/C=N/NC(=O)c2cc3ccccc3o2)cc1I. The Kier molecular flexibility index (Phi) is 7.26. The molecule has 1 N–H and O–H groups in total. The number of rotatable bonds is 7. The Hall–Kier alpha value is -2.40. The van der Waals surface area contributed by atoms with E-state index in [1.807, 2.05) is 24.3 Å². The van der Waals surface area contributed by atoms with Crippen LogP contribution in [0.1, 0.15) is 23.0 Å². The number of halogens is 2. The minimum absolute atomic E-state index is 0.177. The minimum Gasteiger partial charge on any atom is -0.480 e. The molecule has 1 aromatic heterocycles. The highest BCUT2D eigenvalue weighted by Crippen LogP contribution is 2.31. The average molecular weight is 571 g/mol. The van der Waals surface area contributed by atoms with Crippen LogP contribution in [-0.2, 0) is 9.53 Å². The van der Waals surface area contributed by atoms with Gasteiger partial charge in [0, 0.05) is 5.39 Å². The van der Waals surface area contributed by atoms with Gasteiger partial charge in [0.2, 0.25) is 0 Å². The smallest absolute Gasteiger partial charge is 0.344 e. The van der Waals surface area contributed by atoms with E-state index in [-0.39, 0.29) is 12.4 Å². The Labute approximate surface area is 188 Å². The van der Waals surface area contributed by atoms with Gasteiger partial charge in [0.05, 0.1) is 20.9 Å². The number of ether oxygens (including phenoxy) is 2. The molecule has 0 atom stereocenters. The molecule has 1 heterocycles. The van der Waals surface area contributed by atoms with E-state index in [0.717, 1.165) is 14.5 Å². The van der Waals surface area contributed by atoms with Crippen LogP contribution in [-0.4, -0.2) is 31.3 Å². The summed E-state index contributed by atoms with van der Waals surface area (Å²) in [5.41, 5.74) is 3.81. The van der Waals surface area contributed by atoms with Gasteiger partial charge in [-0.05, 0) is 75.3 Å². The molecule has 0 aliphatic heterocycles. The van der Waals surface area contributed by atoms with Crippen LogP contribution in [0.15, 0.2) is 56.5 Å². The summed E-state index contributed by atoms with van der Waals surface area (Å²) in [6.07, 6.45) is 1.50. The maximum absolute atomic E-state index is 12.2. The van der Waals surface area contributed by atoms with Gasteiger partial charge in [0.25, 0.3) is 0 Å². The zero-order valence-corrected chi connectivity index (χ0v) is 19.0. The summed E-state index contributed by atoms with van der Waals surface area (Å²) in [5.74, 6) is -0.168. The van der Waals surface area contributed by atoms with Gasteiger partial charge in [-0.25, -0.2) is 10.2 Å². The quantitative estimate of drug-likeness (QED) is 0.195. The fourth-order valence-corrected chi connectivity index (χ4v) is 4.21. The van der Waals surface area contributed by atoms with Crippen molar-refractivity contribution in [3.05, 3.63) is 61.8 Å². The summed E-state index contributed by atoms with van der Waals surface area (Å²) >= 11 is 5.51. The lowest BCUT2D eigenvalue weighted by Gasteiger charge is -2.10. The molecule has 3 rings (SSSR count). The normalized spacial score (nSPS) is 11.0. The first-order valence-corrected chi connectivity index (χ1v) is 10.4. The molecule has 0 saturated heterocycles. The first kappa shape index (κ1) is 21.3. The Morgan fingerprint density at radius 3 is 2.79 bits per heavy atom. The van der Waals surface area contributed by atoms with E-state index in [4.69, 9.17) is 13.9 Å². The van der Waals surface area contributed by atoms with Gasteiger partial charge in [-0.15, -0.1) is 0 Å². The molecule has 9 heteroatoms. The molecule has 150 valence electrons. The molecular formula is C20H16BrIN2O5. The summed E-state index contributed by atoms with van der Waals surface area (Å²) in [7, 11) is 0. The second-order valence-corrected chi connectivity index (χ2v) is 7.77. The molecule has 7 nitrogen and oxygen atoms in total. The molecule has 0 saturated carbocycles. The summed E-state index contributed by atoms with van der Waals surface area (Å²) in [5, 5.41) is 4.82. The van der Waals surface area contributed by atoms with E-state index in [9.17, 15) is 9.59 Å². The highest BCUT2D eigenvalue weighted by Gasteiger charge is 2.13. The lowest BCUT2D eigenvalue weighted by molar-refractivity contribution is -0.145. The number of carbonyl (C=O) groups excluding carboxylic acids is 2. The summed E-state index contributed by atoms with van der Waals surface area (Å²) < 4.78 is 17.3. The van der Waals surface area contributed by atoms with Crippen molar-refractivity contribution in [3.63, 3.8) is 0 Å². The number of hydrazone groups is 1. The number of nitrogens with one attached hydrogen (secondary N) is 1. The Morgan fingerprint density at radius 2 is 2.07 bits per heavy atom. The average Bonchev–Trinajstić information content (AvgIpc) is 3.12. The fraction of sp³-hybridized carbons (Fsp3) is 0.150. The van der Waals surface area contributed by atoms with E-state index in [1.54, 1.807) is 25.1 Å². The largest absolute Gasteiger partial charge is 0.480 e. The Balaban J connectivity index is 1.64. The van der Waals surface area contributed by atoms with E-state index in [1.165, 1.54) is 6.21 Å². The highest BCUT2D eigenvalue weighted by molar-refractivity contribution is 14.1. The monoisotopic (exact) mass is 570 g/mol. The molecular weight excluding hydrogens is 555 g/mol. The Morgan fingerprint density at radius 1 is 1.28 bits per heavy atom. The number of amides is 1. The first-order valence-electron chi connectivity index (χ1n) is 8.57. The topological polar surface area (TPSA) is 90.1 Å². The van der Waals surface area contributed by atoms with E-state index in [2.05, 4.69) is 49.0 Å². The third-order valence-corrected chi connectivity index (χ3v) is 5.08. The third-order valence-electron chi connectivity index (χ3n) is 3.69. The van der Waals surface area contributed by atoms with Crippen molar-refractivity contribution in [1.82, 2.24) is 5.43 Å². The van der Waals surface area contributed by atoms with Crippen LogP contribution in [0.3, 0.4) is 0 Å². The maximum Gasteiger partial charge on any atom is 0.344 e. The van der Waals surface area contributed by atoms with Crippen LogP contribution < -0.4 is 10.2 Å². The number of benzene rings is 2. The van der Waals surface area contributed by atoms with Crippen molar-refractivity contribution in [2.24, 2.45) is 5.10 Å². The number of esters is 1. The zero-order valence-electron chi connectivity index (χ0n) is 15.3. The zero-order chi connectivity index (χ0) is 20.8. The van der Waals surface area contributed by atoms with Gasteiger partial charge in [0.1, 0.15) is 11.3 Å². The molecule has 0 aliphatic carbocycles. The van der Waals surface area contributed by atoms with Crippen LogP contribution in [0, 0.1) is 3.57 Å². The van der Waals surface area contributed by atoms with Crippen molar-refractivity contribution in [2.75, 3.05) is 13.2 Å². The van der Waals surface area contributed by atoms with Gasteiger partial charge >= 0.3 is 11.9 Å². The van der Waals surface area contributed by atoms with Crippen molar-refractivity contribution in [3.8, 4) is 5.75 Å². The second-order valence-electron chi connectivity index (χ2n) is 5.75. The molecule has 0 unspecified atom stereocenters. The van der Waals surface area contributed by atoms with Crippen LogP contribution in [0.25, 0.3) is 11.0 Å². The van der Waals surface area contributed by atoms with Gasteiger partial charge in [-0.1, -0.05) is 18.2 Å². The van der Waals surface area contributed by atoms with Gasteiger partial charge < -0.3 is 13.9 Å². The second kappa shape index (κ2) is 9.88. The molecule has 29 heavy (non-hydrogen) atoms. The lowest BCUT2D eigenvalue weighted by Crippen LogP contribution is -2.16. The maximum atomic E-state index is 12.2. The number of para-hydroxylation sites is 1. The van der Waals surface area contributed by atoms with Crippen LogP contribution >= 0.6 is 38.5 Å². The molecule has 0 fully saturated rings. The van der Waals surface area contributed by atoms with Crippen LogP contribution in [0.4, 0.5) is 0 Å². The van der Waals surface area contributed by atoms with E-state index >= 15 is 0 Å². The Bertz CT molecular complexity index is 1020. The predicted molar refractivity (Wildman–Crippen MR) is 120 cm³/mol. The number of hydrogen-bond donors (Lipinski definition) is 1. The van der Waals surface area contributed by atoms with Crippen molar-refractivity contribution in [1.29, 1.82) is 0 Å².